The van der Waals surface area contributed by atoms with Crippen LogP contribution >= 0.6 is 0 Å². The number of hydrogen-bond donors (Lipinski definition) is 7. The number of hydroxylamine groups is 1. The lowest BCUT2D eigenvalue weighted by atomic mass is 10.1. The fourth-order valence-corrected chi connectivity index (χ4v) is 1.55. The molecule has 0 bridgehead atoms. The zero-order valence-corrected chi connectivity index (χ0v) is 10.4. The van der Waals surface area contributed by atoms with Crippen LogP contribution in [0.3, 0.4) is 0 Å². The first-order chi connectivity index (χ1) is 9.93. The maximum Gasteiger partial charge on any atom is 0.223 e. The first kappa shape index (κ1) is 16.7. The Balaban J connectivity index is 3.01. The van der Waals surface area contributed by atoms with Crippen LogP contribution in [0.25, 0.3) is 10.4 Å². The van der Waals surface area contributed by atoms with Crippen LogP contribution in [0.5, 0.6) is 0 Å². The second-order valence-corrected chi connectivity index (χ2v) is 3.86. The number of amidine groups is 1. The van der Waals surface area contributed by atoms with Crippen LogP contribution in [0, 0.1) is 10.8 Å². The molecule has 0 aromatic rings. The van der Waals surface area contributed by atoms with Crippen molar-refractivity contribution >= 4 is 18.0 Å². The predicted octanol–water partition coefficient (Wildman–Crippen LogP) is -1.41. The van der Waals surface area contributed by atoms with E-state index in [9.17, 15) is 9.50 Å². The summed E-state index contributed by atoms with van der Waals surface area (Å²) in [6.45, 7) is -0.990. The van der Waals surface area contributed by atoms with E-state index in [0.29, 0.717) is 6.21 Å². The van der Waals surface area contributed by atoms with Crippen LogP contribution in [-0.4, -0.2) is 64.3 Å². The van der Waals surface area contributed by atoms with E-state index in [1.54, 1.807) is 0 Å². The van der Waals surface area contributed by atoms with Gasteiger partial charge in [0.1, 0.15) is 11.9 Å². The van der Waals surface area contributed by atoms with Crippen molar-refractivity contribution in [1.29, 1.82) is 10.8 Å². The van der Waals surface area contributed by atoms with Gasteiger partial charge in [0.05, 0.1) is 12.8 Å². The number of azide groups is 1. The van der Waals surface area contributed by atoms with Gasteiger partial charge in [0.25, 0.3) is 0 Å². The fraction of sp³-hybridized carbons (Fsp3) is 0.625. The minimum Gasteiger partial charge on any atom is -0.393 e. The molecule has 13 heteroatoms. The van der Waals surface area contributed by atoms with Crippen molar-refractivity contribution in [2.24, 2.45) is 10.1 Å². The van der Waals surface area contributed by atoms with E-state index in [2.05, 4.69) is 20.3 Å². The third-order valence-electron chi connectivity index (χ3n) is 2.56. The van der Waals surface area contributed by atoms with Gasteiger partial charge in [-0.15, -0.1) is 0 Å². The molecule has 12 nitrogen and oxygen atoms in total. The number of nitrogens with one attached hydrogen (secondary N) is 4. The number of ether oxygens (including phenoxy) is 1. The molecule has 1 aliphatic rings. The minimum atomic E-state index is -2.24. The third-order valence-corrected chi connectivity index (χ3v) is 2.56. The molecule has 1 rings (SSSR count). The van der Waals surface area contributed by atoms with E-state index in [1.807, 2.05) is 0 Å². The second-order valence-electron chi connectivity index (χ2n) is 3.86. The minimum absolute atomic E-state index is 0.479. The molecule has 1 heterocycles. The second kappa shape index (κ2) is 6.92. The van der Waals surface area contributed by atoms with Crippen LogP contribution in [0.1, 0.15) is 0 Å². The van der Waals surface area contributed by atoms with Crippen LogP contribution in [-0.2, 0) is 4.74 Å². The van der Waals surface area contributed by atoms with E-state index in [0.717, 1.165) is 0 Å². The van der Waals surface area contributed by atoms with E-state index in [4.69, 9.17) is 31.4 Å². The zero-order chi connectivity index (χ0) is 16.0. The van der Waals surface area contributed by atoms with Crippen LogP contribution in [0.15, 0.2) is 10.1 Å². The van der Waals surface area contributed by atoms with Crippen LogP contribution < -0.4 is 10.8 Å². The average molecular weight is 304 g/mol. The molecule has 0 aromatic heterocycles. The van der Waals surface area contributed by atoms with Gasteiger partial charge in [-0.05, 0) is 5.53 Å². The Morgan fingerprint density at radius 1 is 1.62 bits per heavy atom. The van der Waals surface area contributed by atoms with Gasteiger partial charge < -0.3 is 25.7 Å². The monoisotopic (exact) mass is 304 g/mol. The highest BCUT2D eigenvalue weighted by atomic mass is 19.1. The maximum absolute atomic E-state index is 13.9. The number of nitrogens with zero attached hydrogens (tertiary/aromatic N) is 4. The van der Waals surface area contributed by atoms with Gasteiger partial charge >= 0.3 is 0 Å². The van der Waals surface area contributed by atoms with Gasteiger partial charge in [-0.25, -0.2) is 14.9 Å². The van der Waals surface area contributed by atoms with Crippen molar-refractivity contribution in [2.45, 2.75) is 24.2 Å². The summed E-state index contributed by atoms with van der Waals surface area (Å²) in [5.41, 5.74) is 7.64. The van der Waals surface area contributed by atoms with E-state index in [1.165, 1.54) is 5.48 Å². The maximum atomic E-state index is 13.9. The molecule has 0 saturated carbocycles. The summed E-state index contributed by atoms with van der Waals surface area (Å²) in [7, 11) is 0. The Hall–Kier alpha value is -2.31. The first-order valence-electron chi connectivity index (χ1n) is 5.45. The van der Waals surface area contributed by atoms with E-state index in [-0.39, 0.29) is 0 Å². The van der Waals surface area contributed by atoms with Crippen LogP contribution in [0.4, 0.5) is 4.39 Å². The topological polar surface area (TPSA) is 203 Å². The quantitative estimate of drug-likeness (QED) is 0.0829. The third kappa shape index (κ3) is 3.42. The molecule has 1 fully saturated rings. The smallest absolute Gasteiger partial charge is 0.223 e. The number of aliphatic hydroxyl groups excluding tert-OH is 2. The van der Waals surface area contributed by atoms with Gasteiger partial charge in [-0.2, -0.15) is 0 Å². The normalized spacial score (nSPS) is 32.2. The number of halogens is 1. The highest BCUT2D eigenvalue weighted by Crippen LogP contribution is 2.35. The lowest BCUT2D eigenvalue weighted by Crippen LogP contribution is -2.43. The van der Waals surface area contributed by atoms with Gasteiger partial charge in [0, 0.05) is 4.91 Å². The summed E-state index contributed by atoms with van der Waals surface area (Å²) < 4.78 is 18.8. The lowest BCUT2D eigenvalue weighted by Gasteiger charge is -2.22. The molecular weight excluding hydrogens is 291 g/mol. The van der Waals surface area contributed by atoms with E-state index >= 15 is 0 Å². The molecule has 0 radical (unpaired) electrons. The molecule has 1 saturated heterocycles. The molecule has 0 spiro atoms. The SMILES string of the molecule is [N-]=[N+]=N[C@]1(CO)O[C@@H](N=C(NO)NC(=N)C=N)[C@H](F)[C@@H]1O. The number of alkyl halides is 1. The molecule has 21 heavy (non-hydrogen) atoms. The number of hydrogen-bond acceptors (Lipinski definition) is 8. The Kier molecular flexibility index (Phi) is 5.52. The fourth-order valence-electron chi connectivity index (χ4n) is 1.55. The average Bonchev–Trinajstić information content (AvgIpc) is 2.72. The summed E-state index contributed by atoms with van der Waals surface area (Å²) in [6.07, 6.45) is -5.28. The standard InChI is InChI=1S/C8H13FN8O4/c9-4-5(19)8(2-18,16-17-12)21-6(4)14-7(15-20)13-3(11)1-10/h1,4-6,10,18-20H,2H2,(H3,11,13,14,15)/t4-,5+,6-,8-/m1/s1. The predicted molar refractivity (Wildman–Crippen MR) is 66.7 cm³/mol. The van der Waals surface area contributed by atoms with Gasteiger partial charge in [-0.1, -0.05) is 5.11 Å². The summed E-state index contributed by atoms with van der Waals surface area (Å²) in [4.78, 5) is 5.85. The van der Waals surface area contributed by atoms with Crippen molar-refractivity contribution in [3.63, 3.8) is 0 Å². The summed E-state index contributed by atoms with van der Waals surface area (Å²) >= 11 is 0. The van der Waals surface area contributed by atoms with Gasteiger partial charge in [0.2, 0.25) is 11.7 Å². The van der Waals surface area contributed by atoms with Gasteiger partial charge in [-0.3, -0.25) is 10.6 Å². The molecular formula is C8H13FN8O4. The lowest BCUT2D eigenvalue weighted by molar-refractivity contribution is -0.105. The van der Waals surface area contributed by atoms with Crippen molar-refractivity contribution in [3.8, 4) is 0 Å². The van der Waals surface area contributed by atoms with Crippen molar-refractivity contribution in [2.75, 3.05) is 6.61 Å². The molecule has 0 aliphatic carbocycles. The summed E-state index contributed by atoms with van der Waals surface area (Å²) in [5.74, 6) is -1.02. The molecule has 4 atom stereocenters. The molecule has 0 aromatic carbocycles. The molecule has 0 amide bonds. The first-order valence-corrected chi connectivity index (χ1v) is 5.45. The molecule has 7 N–H and O–H groups in total. The number of aliphatic hydroxyl groups is 2. The molecule has 1 aliphatic heterocycles. The van der Waals surface area contributed by atoms with Gasteiger partial charge in [0.15, 0.2) is 12.4 Å². The number of rotatable bonds is 4. The Labute approximate surface area is 116 Å². The zero-order valence-electron chi connectivity index (χ0n) is 10.4. The largest absolute Gasteiger partial charge is 0.393 e. The molecule has 116 valence electrons. The molecule has 0 unspecified atom stereocenters. The van der Waals surface area contributed by atoms with Crippen molar-refractivity contribution in [3.05, 3.63) is 10.4 Å². The number of guanidine groups is 1. The highest BCUT2D eigenvalue weighted by molar-refractivity contribution is 6.30. The van der Waals surface area contributed by atoms with Crippen molar-refractivity contribution in [1.82, 2.24) is 10.8 Å². The Morgan fingerprint density at radius 3 is 2.76 bits per heavy atom. The van der Waals surface area contributed by atoms with Crippen LogP contribution in [0.2, 0.25) is 0 Å². The Bertz CT molecular complexity index is 495. The highest BCUT2D eigenvalue weighted by Gasteiger charge is 2.55. The Morgan fingerprint density at radius 2 is 2.29 bits per heavy atom. The van der Waals surface area contributed by atoms with E-state index < -0.39 is 42.6 Å². The van der Waals surface area contributed by atoms with Crippen molar-refractivity contribution < 1.29 is 24.5 Å². The summed E-state index contributed by atoms with van der Waals surface area (Å²) in [5, 5.41) is 46.6. The number of aliphatic imine (C=N–C) groups is 1. The summed E-state index contributed by atoms with van der Waals surface area (Å²) in [6, 6.07) is 0.